The summed E-state index contributed by atoms with van der Waals surface area (Å²) in [5, 5.41) is 20.2. The highest BCUT2D eigenvalue weighted by atomic mass is 16.3. The van der Waals surface area contributed by atoms with Crippen LogP contribution in [0.4, 0.5) is 0 Å². The van der Waals surface area contributed by atoms with Crippen LogP contribution in [0.1, 0.15) is 107 Å². The molecule has 0 aromatic heterocycles. The maximum Gasteiger partial charge on any atom is 0.228 e. The van der Waals surface area contributed by atoms with Crippen molar-refractivity contribution < 1.29 is 19.8 Å². The van der Waals surface area contributed by atoms with E-state index in [1.54, 1.807) is 0 Å². The van der Waals surface area contributed by atoms with Crippen LogP contribution in [0.3, 0.4) is 0 Å². The minimum absolute atomic E-state index is 0.00501. The first-order valence-electron chi connectivity index (χ1n) is 13.6. The van der Waals surface area contributed by atoms with Crippen LogP contribution in [0.5, 0.6) is 0 Å². The molecule has 2 saturated carbocycles. The molecule has 2 amide bonds. The van der Waals surface area contributed by atoms with Crippen LogP contribution in [-0.4, -0.2) is 69.2 Å². The molecule has 6 heteroatoms. The lowest BCUT2D eigenvalue weighted by Crippen LogP contribution is -2.50. The Labute approximate surface area is 208 Å². The number of carbonyl (C=O) groups is 2. The topological polar surface area (TPSA) is 81.1 Å². The van der Waals surface area contributed by atoms with Gasteiger partial charge in [-0.3, -0.25) is 9.59 Å². The normalized spacial score (nSPS) is 19.6. The summed E-state index contributed by atoms with van der Waals surface area (Å²) < 4.78 is 0. The van der Waals surface area contributed by atoms with E-state index in [0.717, 1.165) is 51.4 Å². The summed E-state index contributed by atoms with van der Waals surface area (Å²) in [7, 11) is 0. The van der Waals surface area contributed by atoms with Crippen molar-refractivity contribution in [3.05, 3.63) is 0 Å². The molecule has 2 aliphatic rings. The molecule has 0 aromatic rings. The zero-order chi connectivity index (χ0) is 25.8. The first-order chi connectivity index (χ1) is 15.7. The van der Waals surface area contributed by atoms with E-state index in [1.165, 1.54) is 0 Å². The Hall–Kier alpha value is -1.14. The molecule has 0 aliphatic heterocycles. The van der Waals surface area contributed by atoms with Crippen molar-refractivity contribution in [1.82, 2.24) is 9.80 Å². The van der Waals surface area contributed by atoms with Crippen LogP contribution in [0.15, 0.2) is 0 Å². The van der Waals surface area contributed by atoms with E-state index in [1.807, 2.05) is 37.5 Å². The van der Waals surface area contributed by atoms with Gasteiger partial charge in [-0.2, -0.15) is 0 Å². The van der Waals surface area contributed by atoms with E-state index >= 15 is 0 Å². The third-order valence-corrected chi connectivity index (χ3v) is 7.44. The van der Waals surface area contributed by atoms with Crippen molar-refractivity contribution in [1.29, 1.82) is 0 Å². The molecular weight excluding hydrogens is 428 g/mol. The monoisotopic (exact) mass is 480 g/mol. The van der Waals surface area contributed by atoms with Crippen molar-refractivity contribution in [2.75, 3.05) is 13.2 Å². The molecule has 0 heterocycles. The maximum absolute atomic E-state index is 13.7. The molecular formula is C28H52N2O4. The predicted octanol–water partition coefficient (Wildman–Crippen LogP) is 4.62. The number of carbonyl (C=O) groups excluding carboxylic acids is 2. The van der Waals surface area contributed by atoms with Crippen molar-refractivity contribution in [2.24, 2.45) is 22.7 Å². The Morgan fingerprint density at radius 1 is 0.853 bits per heavy atom. The molecule has 2 fully saturated rings. The third-order valence-electron chi connectivity index (χ3n) is 7.44. The van der Waals surface area contributed by atoms with Crippen LogP contribution < -0.4 is 0 Å². The minimum atomic E-state index is -0.513. The second-order valence-electron chi connectivity index (χ2n) is 13.3. The van der Waals surface area contributed by atoms with Gasteiger partial charge in [-0.15, -0.1) is 0 Å². The minimum Gasteiger partial charge on any atom is -0.394 e. The molecule has 1 unspecified atom stereocenters. The molecule has 2 rings (SSSR count). The van der Waals surface area contributed by atoms with Crippen LogP contribution in [0.25, 0.3) is 0 Å². The lowest BCUT2D eigenvalue weighted by atomic mass is 9.81. The average Bonchev–Trinajstić information content (AvgIpc) is 3.64. The standard InChI is InChI=1S/C28H52N2O4/c1-19(2)25(33)29(21-9-10-21)23(17-31)15-20(3)13-14-28(7,8)26(34)30(22-11-12-22)24(18-32)16-27(4,5)6/h19-24,31-32H,9-18H2,1-8H3/t20?,23-,24+/m1/s1. The highest BCUT2D eigenvalue weighted by Crippen LogP contribution is 2.39. The Balaban J connectivity index is 2.01. The number of rotatable bonds is 14. The Morgan fingerprint density at radius 2 is 1.35 bits per heavy atom. The first-order valence-corrected chi connectivity index (χ1v) is 13.6. The van der Waals surface area contributed by atoms with Crippen LogP contribution in [-0.2, 0) is 9.59 Å². The summed E-state index contributed by atoms with van der Waals surface area (Å²) in [6, 6.07) is 0.258. The Kier molecular flexibility index (Phi) is 10.0. The van der Waals surface area contributed by atoms with Gasteiger partial charge in [0.05, 0.1) is 25.3 Å². The molecule has 6 nitrogen and oxygen atoms in total. The van der Waals surface area contributed by atoms with Gasteiger partial charge in [0.1, 0.15) is 0 Å². The van der Waals surface area contributed by atoms with Gasteiger partial charge in [-0.25, -0.2) is 0 Å². The van der Waals surface area contributed by atoms with E-state index in [4.69, 9.17) is 0 Å². The third kappa shape index (κ3) is 8.22. The summed E-state index contributed by atoms with van der Waals surface area (Å²) in [4.78, 5) is 30.5. The summed E-state index contributed by atoms with van der Waals surface area (Å²) in [6.45, 7) is 16.6. The van der Waals surface area contributed by atoms with Crippen molar-refractivity contribution in [2.45, 2.75) is 131 Å². The molecule has 34 heavy (non-hydrogen) atoms. The van der Waals surface area contributed by atoms with Gasteiger partial charge in [0.15, 0.2) is 0 Å². The molecule has 198 valence electrons. The number of hydrogen-bond donors (Lipinski definition) is 2. The van der Waals surface area contributed by atoms with Gasteiger partial charge in [0.2, 0.25) is 11.8 Å². The highest BCUT2D eigenvalue weighted by molar-refractivity contribution is 5.83. The fraction of sp³-hybridized carbons (Fsp3) is 0.929. The van der Waals surface area contributed by atoms with E-state index in [0.29, 0.717) is 5.92 Å². The van der Waals surface area contributed by atoms with Crippen molar-refractivity contribution in [3.8, 4) is 0 Å². The fourth-order valence-electron chi connectivity index (χ4n) is 5.17. The predicted molar refractivity (Wildman–Crippen MR) is 137 cm³/mol. The summed E-state index contributed by atoms with van der Waals surface area (Å²) >= 11 is 0. The molecule has 0 radical (unpaired) electrons. The van der Waals surface area contributed by atoms with E-state index in [2.05, 4.69) is 27.7 Å². The second-order valence-corrected chi connectivity index (χ2v) is 13.3. The number of amides is 2. The van der Waals surface area contributed by atoms with Crippen LogP contribution in [0, 0.1) is 22.7 Å². The number of nitrogens with zero attached hydrogens (tertiary/aromatic N) is 2. The van der Waals surface area contributed by atoms with Gasteiger partial charge < -0.3 is 20.0 Å². The summed E-state index contributed by atoms with van der Waals surface area (Å²) in [6.07, 6.45) is 7.28. The van der Waals surface area contributed by atoms with Crippen molar-refractivity contribution in [3.63, 3.8) is 0 Å². The smallest absolute Gasteiger partial charge is 0.228 e. The molecule has 0 spiro atoms. The van der Waals surface area contributed by atoms with Crippen molar-refractivity contribution >= 4 is 11.8 Å². The quantitative estimate of drug-likeness (QED) is 0.380. The van der Waals surface area contributed by atoms with Gasteiger partial charge >= 0.3 is 0 Å². The van der Waals surface area contributed by atoms with Gasteiger partial charge in [0.25, 0.3) is 0 Å². The fourth-order valence-corrected chi connectivity index (χ4v) is 5.17. The molecule has 0 saturated heterocycles. The lowest BCUT2D eigenvalue weighted by molar-refractivity contribution is -0.146. The highest BCUT2D eigenvalue weighted by Gasteiger charge is 2.44. The average molecular weight is 481 g/mol. The SMILES string of the molecule is CC(CCC(C)(C)C(=O)N(C1CC1)[C@H](CO)CC(C)(C)C)C[C@H](CO)N(C(=O)C(C)C)C1CC1. The number of aliphatic hydroxyl groups is 2. The van der Waals surface area contributed by atoms with Gasteiger partial charge in [-0.1, -0.05) is 55.4 Å². The molecule has 0 bridgehead atoms. The van der Waals surface area contributed by atoms with Crippen LogP contribution >= 0.6 is 0 Å². The first kappa shape index (κ1) is 29.1. The molecule has 0 aromatic carbocycles. The van der Waals surface area contributed by atoms with Gasteiger partial charge in [0, 0.05) is 23.4 Å². The maximum atomic E-state index is 13.7. The Bertz CT molecular complexity index is 676. The second kappa shape index (κ2) is 11.7. The zero-order valence-electron chi connectivity index (χ0n) is 23.1. The summed E-state index contributed by atoms with van der Waals surface area (Å²) in [5.41, 5.74) is -0.472. The molecule has 2 aliphatic carbocycles. The number of hydrogen-bond acceptors (Lipinski definition) is 4. The Morgan fingerprint density at radius 3 is 1.76 bits per heavy atom. The van der Waals surface area contributed by atoms with Gasteiger partial charge in [-0.05, 0) is 62.7 Å². The van der Waals surface area contributed by atoms with E-state index in [9.17, 15) is 19.8 Å². The lowest BCUT2D eigenvalue weighted by Gasteiger charge is -2.40. The van der Waals surface area contributed by atoms with Crippen LogP contribution in [0.2, 0.25) is 0 Å². The largest absolute Gasteiger partial charge is 0.394 e. The zero-order valence-corrected chi connectivity index (χ0v) is 23.1. The molecule has 2 N–H and O–H groups in total. The van der Waals surface area contributed by atoms with E-state index in [-0.39, 0.29) is 60.5 Å². The van der Waals surface area contributed by atoms with E-state index < -0.39 is 5.41 Å². The molecule has 3 atom stereocenters. The number of aliphatic hydroxyl groups excluding tert-OH is 2. The summed E-state index contributed by atoms with van der Waals surface area (Å²) in [5.74, 6) is 0.516.